The lowest BCUT2D eigenvalue weighted by molar-refractivity contribution is -0.140. The Hall–Kier alpha value is -3.01. The van der Waals surface area contributed by atoms with Gasteiger partial charge in [-0.1, -0.05) is 6.07 Å². The van der Waals surface area contributed by atoms with Crippen LogP contribution in [0.25, 0.3) is 10.9 Å². The molecule has 3 aromatic rings. The predicted molar refractivity (Wildman–Crippen MR) is 103 cm³/mol. The van der Waals surface area contributed by atoms with Gasteiger partial charge in [-0.2, -0.15) is 13.2 Å². The number of esters is 1. The van der Waals surface area contributed by atoms with Gasteiger partial charge in [0.15, 0.2) is 0 Å². The molecule has 0 saturated carbocycles. The Balaban J connectivity index is 2.16. The van der Waals surface area contributed by atoms with E-state index in [0.717, 1.165) is 22.2 Å². The van der Waals surface area contributed by atoms with E-state index in [2.05, 4.69) is 4.74 Å². The summed E-state index contributed by atoms with van der Waals surface area (Å²) in [4.78, 5) is 11.0. The number of aromatic nitrogens is 1. The maximum absolute atomic E-state index is 13.2. The van der Waals surface area contributed by atoms with Gasteiger partial charge in [-0.3, -0.25) is 4.79 Å². The summed E-state index contributed by atoms with van der Waals surface area (Å²) in [6.07, 6.45) is -3.18. The molecule has 0 saturated heterocycles. The van der Waals surface area contributed by atoms with Crippen molar-refractivity contribution in [3.63, 3.8) is 0 Å². The minimum absolute atomic E-state index is 0.0103. The van der Waals surface area contributed by atoms with Crippen LogP contribution in [0.4, 0.5) is 13.2 Å². The second kappa shape index (κ2) is 8.02. The summed E-state index contributed by atoms with van der Waals surface area (Å²) in [5, 5.41) is 0.508. The molecule has 1 heterocycles. The van der Waals surface area contributed by atoms with Crippen LogP contribution in [-0.4, -0.2) is 32.6 Å². The van der Waals surface area contributed by atoms with Gasteiger partial charge in [-0.25, -0.2) is 12.4 Å². The van der Waals surface area contributed by atoms with Crippen molar-refractivity contribution in [2.75, 3.05) is 14.2 Å². The lowest BCUT2D eigenvalue weighted by Crippen LogP contribution is -2.14. The summed E-state index contributed by atoms with van der Waals surface area (Å²) in [5.41, 5.74) is -0.287. The molecule has 6 nitrogen and oxygen atoms in total. The highest BCUT2D eigenvalue weighted by molar-refractivity contribution is 7.90. The molecule has 3 rings (SSSR count). The van der Waals surface area contributed by atoms with Crippen molar-refractivity contribution in [3.8, 4) is 5.75 Å². The third-order valence-electron chi connectivity index (χ3n) is 4.60. The standard InChI is InChI=1S/C20H18F3NO5S/c1-28-15-7-8-18-17(11-15)13(6-9-19(25)29-2)12-24(18)30(26,27)16-5-3-4-14(10-16)20(21,22)23/h3-5,7-8,10-12H,6,9H2,1-2H3. The second-order valence-electron chi connectivity index (χ2n) is 6.44. The van der Waals surface area contributed by atoms with Crippen LogP contribution in [0.1, 0.15) is 17.5 Å². The molecule has 0 bridgehead atoms. The number of fused-ring (bicyclic) bond motifs is 1. The summed E-state index contributed by atoms with van der Waals surface area (Å²) in [7, 11) is -1.64. The Morgan fingerprint density at radius 2 is 1.83 bits per heavy atom. The van der Waals surface area contributed by atoms with E-state index in [1.807, 2.05) is 0 Å². The smallest absolute Gasteiger partial charge is 0.416 e. The lowest BCUT2D eigenvalue weighted by Gasteiger charge is -2.11. The molecule has 0 N–H and O–H groups in total. The fourth-order valence-electron chi connectivity index (χ4n) is 3.06. The molecule has 0 aliphatic carbocycles. The van der Waals surface area contributed by atoms with E-state index in [4.69, 9.17) is 4.74 Å². The molecular weight excluding hydrogens is 423 g/mol. The molecule has 0 atom stereocenters. The number of hydrogen-bond acceptors (Lipinski definition) is 5. The van der Waals surface area contributed by atoms with E-state index in [1.54, 1.807) is 12.1 Å². The predicted octanol–water partition coefficient (Wildman–Crippen LogP) is 4.01. The van der Waals surface area contributed by atoms with Gasteiger partial charge in [0.25, 0.3) is 10.0 Å². The molecule has 0 aliphatic rings. The van der Waals surface area contributed by atoms with Crippen LogP contribution < -0.4 is 4.74 Å². The Labute approximate surface area is 170 Å². The van der Waals surface area contributed by atoms with Gasteiger partial charge in [0, 0.05) is 18.0 Å². The summed E-state index contributed by atoms with van der Waals surface area (Å²) in [6, 6.07) is 8.21. The second-order valence-corrected chi connectivity index (χ2v) is 8.25. The van der Waals surface area contributed by atoms with Gasteiger partial charge < -0.3 is 9.47 Å². The number of carbonyl (C=O) groups is 1. The maximum Gasteiger partial charge on any atom is 0.416 e. The third kappa shape index (κ3) is 4.13. The van der Waals surface area contributed by atoms with Crippen LogP contribution >= 0.6 is 0 Å². The first-order valence-electron chi connectivity index (χ1n) is 8.75. The van der Waals surface area contributed by atoms with E-state index in [0.29, 0.717) is 22.8 Å². The van der Waals surface area contributed by atoms with Gasteiger partial charge in [-0.15, -0.1) is 0 Å². The molecule has 0 fully saturated rings. The van der Waals surface area contributed by atoms with E-state index >= 15 is 0 Å². The molecule has 10 heteroatoms. The van der Waals surface area contributed by atoms with Gasteiger partial charge in [0.2, 0.25) is 0 Å². The number of aryl methyl sites for hydroxylation is 1. The SMILES string of the molecule is COC(=O)CCc1cn(S(=O)(=O)c2cccc(C(F)(F)F)c2)c2ccc(OC)cc12. The fraction of sp³-hybridized carbons (Fsp3) is 0.250. The molecule has 2 aromatic carbocycles. The number of alkyl halides is 3. The first-order chi connectivity index (χ1) is 14.1. The quantitative estimate of drug-likeness (QED) is 0.541. The van der Waals surface area contributed by atoms with Crippen molar-refractivity contribution in [1.29, 1.82) is 0 Å². The first kappa shape index (κ1) is 21.7. The molecular formula is C20H18F3NO5S. The van der Waals surface area contributed by atoms with E-state index in [9.17, 15) is 26.4 Å². The summed E-state index contributed by atoms with van der Waals surface area (Å²) in [5.74, 6) is -0.00411. The minimum Gasteiger partial charge on any atom is -0.497 e. The molecule has 160 valence electrons. The Bertz CT molecular complexity index is 1200. The molecule has 1 aromatic heterocycles. The molecule has 0 amide bonds. The average Bonchev–Trinajstić information content (AvgIpc) is 3.10. The Morgan fingerprint density at radius 1 is 1.10 bits per heavy atom. The third-order valence-corrected chi connectivity index (χ3v) is 6.27. The van der Waals surface area contributed by atoms with Crippen LogP contribution in [0.15, 0.2) is 53.6 Å². The average molecular weight is 441 g/mol. The molecule has 0 unspecified atom stereocenters. The van der Waals surface area contributed by atoms with Crippen molar-refractivity contribution in [2.24, 2.45) is 0 Å². The van der Waals surface area contributed by atoms with Crippen molar-refractivity contribution in [1.82, 2.24) is 3.97 Å². The summed E-state index contributed by atoms with van der Waals surface area (Å²) < 4.78 is 76.2. The topological polar surface area (TPSA) is 74.6 Å². The maximum atomic E-state index is 13.2. The van der Waals surface area contributed by atoms with Crippen molar-refractivity contribution in [3.05, 3.63) is 59.8 Å². The van der Waals surface area contributed by atoms with Crippen LogP contribution in [0.2, 0.25) is 0 Å². The lowest BCUT2D eigenvalue weighted by atomic mass is 10.1. The molecule has 30 heavy (non-hydrogen) atoms. The minimum atomic E-state index is -4.68. The van der Waals surface area contributed by atoms with E-state index in [1.165, 1.54) is 26.5 Å². The monoisotopic (exact) mass is 441 g/mol. The number of benzene rings is 2. The number of ether oxygens (including phenoxy) is 2. The highest BCUT2D eigenvalue weighted by Gasteiger charge is 2.32. The molecule has 0 aliphatic heterocycles. The highest BCUT2D eigenvalue weighted by atomic mass is 32.2. The zero-order chi connectivity index (χ0) is 22.1. The first-order valence-corrected chi connectivity index (χ1v) is 10.2. The number of hydrogen-bond donors (Lipinski definition) is 0. The summed E-state index contributed by atoms with van der Waals surface area (Å²) >= 11 is 0. The van der Waals surface area contributed by atoms with Crippen molar-refractivity contribution in [2.45, 2.75) is 23.9 Å². The number of methoxy groups -OCH3 is 2. The van der Waals surface area contributed by atoms with Gasteiger partial charge in [-0.05, 0) is 48.4 Å². The summed E-state index contributed by atoms with van der Waals surface area (Å²) in [6.45, 7) is 0. The number of carbonyl (C=O) groups excluding carboxylic acids is 1. The fourth-order valence-corrected chi connectivity index (χ4v) is 4.49. The van der Waals surface area contributed by atoms with Crippen LogP contribution in [0, 0.1) is 0 Å². The zero-order valence-electron chi connectivity index (χ0n) is 16.1. The Kier molecular flexibility index (Phi) is 5.80. The number of nitrogens with zero attached hydrogens (tertiary/aromatic N) is 1. The zero-order valence-corrected chi connectivity index (χ0v) is 16.9. The Morgan fingerprint density at radius 3 is 2.47 bits per heavy atom. The number of halogens is 3. The number of rotatable bonds is 6. The molecule has 0 spiro atoms. The van der Waals surface area contributed by atoms with Gasteiger partial charge >= 0.3 is 12.1 Å². The van der Waals surface area contributed by atoms with Gasteiger partial charge in [0.1, 0.15) is 5.75 Å². The van der Waals surface area contributed by atoms with E-state index in [-0.39, 0.29) is 18.4 Å². The van der Waals surface area contributed by atoms with Crippen molar-refractivity contribution < 1.29 is 35.9 Å². The highest BCUT2D eigenvalue weighted by Crippen LogP contribution is 2.33. The van der Waals surface area contributed by atoms with Crippen molar-refractivity contribution >= 4 is 26.9 Å². The van der Waals surface area contributed by atoms with Crippen LogP contribution in [0.3, 0.4) is 0 Å². The van der Waals surface area contributed by atoms with Crippen LogP contribution in [0.5, 0.6) is 5.75 Å². The van der Waals surface area contributed by atoms with Crippen LogP contribution in [-0.2, 0) is 32.2 Å². The van der Waals surface area contributed by atoms with Gasteiger partial charge in [0.05, 0.1) is 30.2 Å². The van der Waals surface area contributed by atoms with E-state index < -0.39 is 32.6 Å². The molecule has 0 radical (unpaired) electrons. The largest absolute Gasteiger partial charge is 0.497 e. The normalized spacial score (nSPS) is 12.2.